The number of carbonyl (C=O) groups excluding carboxylic acids is 1. The Balaban J connectivity index is 2.11. The highest BCUT2D eigenvalue weighted by Crippen LogP contribution is 2.21. The van der Waals surface area contributed by atoms with Crippen LogP contribution >= 0.6 is 0 Å². The average Bonchev–Trinajstić information content (AvgIpc) is 2.52. The summed E-state index contributed by atoms with van der Waals surface area (Å²) in [6, 6.07) is 16.3. The van der Waals surface area contributed by atoms with E-state index in [4.69, 9.17) is 4.74 Å². The van der Waals surface area contributed by atoms with Gasteiger partial charge in [0.1, 0.15) is 25.0 Å². The Hall–Kier alpha value is -2.17. The standard InChI is InChI=1S/C19H24NO3/c1-20(2,3)13-16(21)14-23-18-12-8-7-11-17(18)19(22)15-9-5-4-6-10-15/h4-12,16,21H,13-14H2,1-3H3/q+1. The molecule has 0 saturated carbocycles. The summed E-state index contributed by atoms with van der Waals surface area (Å²) in [5, 5.41) is 10.1. The van der Waals surface area contributed by atoms with E-state index in [9.17, 15) is 9.90 Å². The minimum Gasteiger partial charge on any atom is -0.490 e. The zero-order valence-electron chi connectivity index (χ0n) is 13.9. The van der Waals surface area contributed by atoms with Crippen LogP contribution in [0.25, 0.3) is 0 Å². The number of aliphatic hydroxyl groups excluding tert-OH is 1. The van der Waals surface area contributed by atoms with Crippen LogP contribution < -0.4 is 4.74 Å². The number of ketones is 1. The molecule has 0 bridgehead atoms. The molecule has 0 amide bonds. The third kappa shape index (κ3) is 5.20. The molecule has 0 aliphatic rings. The SMILES string of the molecule is C[N+](C)(C)CC(O)COc1ccccc1C(=O)c1ccccc1. The molecule has 1 atom stereocenters. The third-order valence-corrected chi connectivity index (χ3v) is 3.36. The zero-order valence-corrected chi connectivity index (χ0v) is 13.9. The number of hydrogen-bond donors (Lipinski definition) is 1. The molecule has 2 aromatic rings. The lowest BCUT2D eigenvalue weighted by Crippen LogP contribution is -2.43. The predicted octanol–water partition coefficient (Wildman–Crippen LogP) is 2.36. The summed E-state index contributed by atoms with van der Waals surface area (Å²) in [6.45, 7) is 0.739. The van der Waals surface area contributed by atoms with E-state index in [-0.39, 0.29) is 12.4 Å². The summed E-state index contributed by atoms with van der Waals surface area (Å²) in [4.78, 5) is 12.6. The minimum absolute atomic E-state index is 0.0812. The van der Waals surface area contributed by atoms with Crippen molar-refractivity contribution >= 4 is 5.78 Å². The molecule has 0 aliphatic carbocycles. The number of aliphatic hydroxyl groups is 1. The summed E-state index contributed by atoms with van der Waals surface area (Å²) < 4.78 is 6.35. The van der Waals surface area contributed by atoms with Crippen molar-refractivity contribution in [1.29, 1.82) is 0 Å². The highest BCUT2D eigenvalue weighted by molar-refractivity contribution is 6.10. The van der Waals surface area contributed by atoms with Gasteiger partial charge >= 0.3 is 0 Å². The number of benzene rings is 2. The number of ether oxygens (including phenoxy) is 1. The number of likely N-dealkylation sites (N-methyl/N-ethyl adjacent to an activating group) is 1. The normalized spacial score (nSPS) is 12.7. The van der Waals surface area contributed by atoms with Crippen molar-refractivity contribution in [3.63, 3.8) is 0 Å². The zero-order chi connectivity index (χ0) is 16.9. The molecule has 0 fully saturated rings. The smallest absolute Gasteiger partial charge is 0.196 e. The maximum Gasteiger partial charge on any atom is 0.196 e. The summed E-state index contributed by atoms with van der Waals surface area (Å²) >= 11 is 0. The molecule has 122 valence electrons. The van der Waals surface area contributed by atoms with Crippen LogP contribution in [0.15, 0.2) is 54.6 Å². The second-order valence-electron chi connectivity index (χ2n) is 6.63. The number of nitrogens with zero attached hydrogens (tertiary/aromatic N) is 1. The van der Waals surface area contributed by atoms with Crippen LogP contribution in [0.2, 0.25) is 0 Å². The average molecular weight is 314 g/mol. The fourth-order valence-corrected chi connectivity index (χ4v) is 2.40. The summed E-state index contributed by atoms with van der Waals surface area (Å²) in [5.74, 6) is 0.420. The molecule has 0 saturated heterocycles. The Kier molecular flexibility index (Phi) is 5.53. The van der Waals surface area contributed by atoms with E-state index in [0.717, 1.165) is 0 Å². The van der Waals surface area contributed by atoms with Gasteiger partial charge in [-0.3, -0.25) is 4.79 Å². The summed E-state index contributed by atoms with van der Waals surface area (Å²) in [5.41, 5.74) is 1.13. The van der Waals surface area contributed by atoms with Gasteiger partial charge in [0.15, 0.2) is 5.78 Å². The van der Waals surface area contributed by atoms with Crippen LogP contribution in [0.3, 0.4) is 0 Å². The van der Waals surface area contributed by atoms with Gasteiger partial charge in [-0.25, -0.2) is 0 Å². The molecule has 0 heterocycles. The highest BCUT2D eigenvalue weighted by Gasteiger charge is 2.18. The molecule has 0 radical (unpaired) electrons. The van der Waals surface area contributed by atoms with Gasteiger partial charge in [0.2, 0.25) is 0 Å². The van der Waals surface area contributed by atoms with Gasteiger partial charge in [-0.05, 0) is 12.1 Å². The molecule has 1 unspecified atom stereocenters. The molecule has 2 aromatic carbocycles. The van der Waals surface area contributed by atoms with E-state index in [1.165, 1.54) is 0 Å². The van der Waals surface area contributed by atoms with Crippen LogP contribution in [0, 0.1) is 0 Å². The van der Waals surface area contributed by atoms with Crippen LogP contribution in [-0.4, -0.2) is 55.8 Å². The lowest BCUT2D eigenvalue weighted by atomic mass is 10.0. The van der Waals surface area contributed by atoms with Gasteiger partial charge in [-0.1, -0.05) is 42.5 Å². The number of rotatable bonds is 7. The van der Waals surface area contributed by atoms with E-state index < -0.39 is 6.10 Å². The molecule has 0 aromatic heterocycles. The van der Waals surface area contributed by atoms with Crippen molar-refractivity contribution in [2.45, 2.75) is 6.10 Å². The van der Waals surface area contributed by atoms with Gasteiger partial charge in [0.05, 0.1) is 26.7 Å². The van der Waals surface area contributed by atoms with E-state index in [2.05, 4.69) is 0 Å². The number of carbonyl (C=O) groups is 1. The van der Waals surface area contributed by atoms with Crippen LogP contribution in [0.5, 0.6) is 5.75 Å². The molecular formula is C19H24NO3+. The van der Waals surface area contributed by atoms with Crippen LogP contribution in [0.1, 0.15) is 15.9 Å². The van der Waals surface area contributed by atoms with Gasteiger partial charge in [0, 0.05) is 5.56 Å². The van der Waals surface area contributed by atoms with Gasteiger partial charge in [-0.2, -0.15) is 0 Å². The first-order chi connectivity index (χ1) is 10.9. The molecule has 4 heteroatoms. The molecule has 1 N–H and O–H groups in total. The fraction of sp³-hybridized carbons (Fsp3) is 0.316. The Morgan fingerprint density at radius 3 is 2.30 bits per heavy atom. The van der Waals surface area contributed by atoms with Gasteiger partial charge in [-0.15, -0.1) is 0 Å². The Labute approximate surface area is 137 Å². The second-order valence-corrected chi connectivity index (χ2v) is 6.63. The maximum atomic E-state index is 12.6. The van der Waals surface area contributed by atoms with Crippen molar-refractivity contribution in [2.75, 3.05) is 34.3 Å². The topological polar surface area (TPSA) is 46.5 Å². The summed E-state index contributed by atoms with van der Waals surface area (Å²) in [7, 11) is 6.03. The fourth-order valence-electron chi connectivity index (χ4n) is 2.40. The number of para-hydroxylation sites is 1. The van der Waals surface area contributed by atoms with E-state index in [0.29, 0.717) is 27.9 Å². The van der Waals surface area contributed by atoms with E-state index in [1.54, 1.807) is 24.3 Å². The minimum atomic E-state index is -0.588. The second kappa shape index (κ2) is 7.40. The van der Waals surface area contributed by atoms with E-state index >= 15 is 0 Å². The Morgan fingerprint density at radius 2 is 1.65 bits per heavy atom. The lowest BCUT2D eigenvalue weighted by Gasteiger charge is -2.26. The Morgan fingerprint density at radius 1 is 1.04 bits per heavy atom. The first kappa shape index (κ1) is 17.2. The van der Waals surface area contributed by atoms with Crippen LogP contribution in [0.4, 0.5) is 0 Å². The molecule has 4 nitrogen and oxygen atoms in total. The maximum absolute atomic E-state index is 12.6. The number of quaternary nitrogens is 1. The quantitative estimate of drug-likeness (QED) is 0.630. The lowest BCUT2D eigenvalue weighted by molar-refractivity contribution is -0.873. The first-order valence-corrected chi connectivity index (χ1v) is 7.67. The molecule has 23 heavy (non-hydrogen) atoms. The van der Waals surface area contributed by atoms with Crippen molar-refractivity contribution in [2.24, 2.45) is 0 Å². The van der Waals surface area contributed by atoms with Crippen molar-refractivity contribution in [1.82, 2.24) is 0 Å². The third-order valence-electron chi connectivity index (χ3n) is 3.36. The monoisotopic (exact) mass is 314 g/mol. The molecule has 0 aliphatic heterocycles. The molecule has 0 spiro atoms. The van der Waals surface area contributed by atoms with Crippen molar-refractivity contribution < 1.29 is 19.1 Å². The highest BCUT2D eigenvalue weighted by atomic mass is 16.5. The van der Waals surface area contributed by atoms with Crippen molar-refractivity contribution in [3.05, 3.63) is 65.7 Å². The largest absolute Gasteiger partial charge is 0.490 e. The predicted molar refractivity (Wildman–Crippen MR) is 90.7 cm³/mol. The van der Waals surface area contributed by atoms with Crippen molar-refractivity contribution in [3.8, 4) is 5.75 Å². The van der Waals surface area contributed by atoms with Gasteiger partial charge < -0.3 is 14.3 Å². The van der Waals surface area contributed by atoms with Crippen LogP contribution in [-0.2, 0) is 0 Å². The Bertz CT molecular complexity index is 647. The summed E-state index contributed by atoms with van der Waals surface area (Å²) in [6.07, 6.45) is -0.588. The molecule has 2 rings (SSSR count). The molecular weight excluding hydrogens is 290 g/mol. The van der Waals surface area contributed by atoms with E-state index in [1.807, 2.05) is 51.5 Å². The van der Waals surface area contributed by atoms with Gasteiger partial charge in [0.25, 0.3) is 0 Å². The first-order valence-electron chi connectivity index (χ1n) is 7.67. The number of hydrogen-bond acceptors (Lipinski definition) is 3.